The van der Waals surface area contributed by atoms with Gasteiger partial charge in [-0.15, -0.1) is 0 Å². The van der Waals surface area contributed by atoms with Gasteiger partial charge in [0, 0.05) is 0 Å². The van der Waals surface area contributed by atoms with Gasteiger partial charge in [-0.05, 0) is 0 Å². The molecular weight excluding hydrogens is 597 g/mol. The molecule has 0 amide bonds. The monoisotopic (exact) mass is 610 g/mol. The minimum Gasteiger partial charge on any atom is 1.00 e. The molecule has 19 heteroatoms. The van der Waals surface area contributed by atoms with E-state index in [4.69, 9.17) is 0 Å². The average Bonchev–Trinajstić information content (AvgIpc) is 2.64. The van der Waals surface area contributed by atoms with Gasteiger partial charge in [0.25, 0.3) is 0 Å². The Kier molecular flexibility index (Phi) is 11.9. The van der Waals surface area contributed by atoms with Gasteiger partial charge < -0.3 is 5.48 Å². The maximum Gasteiger partial charge on any atom is 1.00 e. The number of hydrogen-bond acceptors (Lipinski definition) is 11. The number of aromatic hydroxyl groups is 2. The summed E-state index contributed by atoms with van der Waals surface area (Å²) in [5.74, 6) is -2.05. The molecule has 0 bridgehead atoms. The summed E-state index contributed by atoms with van der Waals surface area (Å²) in [4.78, 5) is -2.15. The van der Waals surface area contributed by atoms with Crippen molar-refractivity contribution in [3.63, 3.8) is 0 Å². The van der Waals surface area contributed by atoms with Gasteiger partial charge in [0.15, 0.2) is 0 Å². The predicted molar refractivity (Wildman–Crippen MR) is 108 cm³/mol. The van der Waals surface area contributed by atoms with Crippen LogP contribution in [0.15, 0.2) is 62.5 Å². The van der Waals surface area contributed by atoms with E-state index < -0.39 is 76.5 Å². The Morgan fingerprint density at radius 2 is 1.43 bits per heavy atom. The van der Waals surface area contributed by atoms with Gasteiger partial charge in [-0.1, -0.05) is 0 Å². The summed E-state index contributed by atoms with van der Waals surface area (Å²) >= 11 is -5.49. The standard InChI is InChI=1S/C16H13AsN2O11S2.2Na.H2O/c20-12-7-9(31(25,26)27)5-8-6-13(32(28,29)30)15(16(21)14(8)12)19-18-11-4-2-1-3-10(11)17(22,23)24;;;/h1-7,20-21H,(H2,22,23,24)(H,25,26,27)(H,28,29,30);;;1H2/q;2*+1;/p-2. The third-order valence-electron chi connectivity index (χ3n) is 4.11. The summed E-state index contributed by atoms with van der Waals surface area (Å²) in [6.07, 6.45) is 0. The van der Waals surface area contributed by atoms with E-state index in [1.165, 1.54) is 12.1 Å². The maximum absolute atomic E-state index is 11.7. The number of nitrogens with zero attached hydrogens (tertiary/aromatic N) is 2. The molecule has 0 radical (unpaired) electrons. The van der Waals surface area contributed by atoms with E-state index in [9.17, 15) is 48.1 Å². The first kappa shape index (κ1) is 34.2. The van der Waals surface area contributed by atoms with Gasteiger partial charge in [0.2, 0.25) is 0 Å². The van der Waals surface area contributed by atoms with E-state index in [1.54, 1.807) is 0 Å². The quantitative estimate of drug-likeness (QED) is 0.120. The first-order valence-electron chi connectivity index (χ1n) is 8.12. The average molecular weight is 610 g/mol. The van der Waals surface area contributed by atoms with Crippen LogP contribution in [0.2, 0.25) is 0 Å². The molecule has 14 nitrogen and oxygen atoms in total. The molecule has 0 saturated heterocycles. The van der Waals surface area contributed by atoms with Gasteiger partial charge in [0.05, 0.1) is 0 Å². The fourth-order valence-corrected chi connectivity index (χ4v) is 5.41. The Labute approximate surface area is 245 Å². The smallest absolute Gasteiger partial charge is 1.00 e. The van der Waals surface area contributed by atoms with Crippen molar-refractivity contribution in [2.75, 3.05) is 0 Å². The SMILES string of the molecule is O.O=S(=O)([O-])c1cc(O)c2c(O)c(N=Nc3ccccc3[As](=O)(O)O)c(S(=O)(=O)[O-])cc2c1.[Na+].[Na+]. The number of phenols is 2. The summed E-state index contributed by atoms with van der Waals surface area (Å²) in [6, 6.07) is 6.53. The molecule has 0 aliphatic rings. The van der Waals surface area contributed by atoms with Crippen LogP contribution in [0.5, 0.6) is 11.5 Å². The van der Waals surface area contributed by atoms with E-state index in [-0.39, 0.29) is 70.3 Å². The fraction of sp³-hybridized carbons (Fsp3) is 0. The van der Waals surface area contributed by atoms with E-state index >= 15 is 0 Å². The molecule has 3 rings (SSSR count). The Morgan fingerprint density at radius 3 is 1.94 bits per heavy atom. The van der Waals surface area contributed by atoms with Crippen molar-refractivity contribution in [3.05, 3.63) is 42.5 Å². The van der Waals surface area contributed by atoms with Gasteiger partial charge in [0.1, 0.15) is 0 Å². The number of benzene rings is 3. The molecular formula is C16H13AsN2Na2O12S2. The molecule has 0 fully saturated rings. The molecule has 6 N–H and O–H groups in total. The third kappa shape index (κ3) is 7.59. The zero-order valence-corrected chi connectivity index (χ0v) is 25.4. The van der Waals surface area contributed by atoms with Crippen molar-refractivity contribution in [2.45, 2.75) is 9.79 Å². The largest absolute Gasteiger partial charge is 1.00 e. The fourth-order valence-electron chi connectivity index (χ4n) is 2.77. The van der Waals surface area contributed by atoms with Crippen molar-refractivity contribution in [1.29, 1.82) is 0 Å². The minimum absolute atomic E-state index is 0. The van der Waals surface area contributed by atoms with Gasteiger partial charge in [-0.25, -0.2) is 0 Å². The van der Waals surface area contributed by atoms with Crippen molar-refractivity contribution < 1.29 is 113 Å². The van der Waals surface area contributed by atoms with Crippen LogP contribution in [0.3, 0.4) is 0 Å². The molecule has 0 aliphatic heterocycles. The van der Waals surface area contributed by atoms with Crippen LogP contribution < -0.4 is 63.5 Å². The van der Waals surface area contributed by atoms with E-state index in [2.05, 4.69) is 10.2 Å². The Hall–Kier alpha value is -0.822. The van der Waals surface area contributed by atoms with Gasteiger partial charge in [-0.3, -0.25) is 0 Å². The summed E-state index contributed by atoms with van der Waals surface area (Å²) in [5, 5.41) is 26.5. The third-order valence-corrected chi connectivity index (χ3v) is 7.89. The minimum atomic E-state index is -5.49. The molecule has 3 aromatic rings. The van der Waals surface area contributed by atoms with Gasteiger partial charge in [-0.2, -0.15) is 0 Å². The number of azo groups is 1. The summed E-state index contributed by atoms with van der Waals surface area (Å²) < 4.78 is 98.9. The maximum atomic E-state index is 11.7. The van der Waals surface area contributed by atoms with Crippen molar-refractivity contribution >= 4 is 60.9 Å². The molecule has 0 aromatic heterocycles. The molecule has 3 aromatic carbocycles. The first-order chi connectivity index (χ1) is 14.6. The summed E-state index contributed by atoms with van der Waals surface area (Å²) in [6.45, 7) is 0. The van der Waals surface area contributed by atoms with Crippen LogP contribution in [0.25, 0.3) is 10.8 Å². The Morgan fingerprint density at radius 1 is 0.857 bits per heavy atom. The molecule has 0 heterocycles. The number of fused-ring (bicyclic) bond motifs is 1. The second kappa shape index (κ2) is 12.1. The Balaban J connectivity index is 0.00000385. The van der Waals surface area contributed by atoms with Crippen molar-refractivity contribution in [1.82, 2.24) is 0 Å². The van der Waals surface area contributed by atoms with E-state index in [0.29, 0.717) is 18.2 Å². The van der Waals surface area contributed by atoms with Gasteiger partial charge >= 0.3 is 242 Å². The molecule has 178 valence electrons. The van der Waals surface area contributed by atoms with Crippen LogP contribution in [0.1, 0.15) is 0 Å². The number of phenolic OH excluding ortho intramolecular Hbond substituents is 2. The van der Waals surface area contributed by atoms with Crippen LogP contribution >= 0.6 is 0 Å². The molecule has 0 aliphatic carbocycles. The zero-order chi connectivity index (χ0) is 24.1. The van der Waals surface area contributed by atoms with Crippen LogP contribution in [-0.4, -0.2) is 64.0 Å². The summed E-state index contributed by atoms with van der Waals surface area (Å²) in [7, 11) is -10.5. The summed E-state index contributed by atoms with van der Waals surface area (Å²) in [5.41, 5.74) is -1.36. The second-order valence-electron chi connectivity index (χ2n) is 6.25. The van der Waals surface area contributed by atoms with Crippen molar-refractivity contribution in [3.8, 4) is 11.5 Å². The topological polar surface area (TPSA) is 269 Å². The van der Waals surface area contributed by atoms with Crippen LogP contribution in [0.4, 0.5) is 11.4 Å². The Bertz CT molecular complexity index is 1560. The number of hydrogen-bond donors (Lipinski definition) is 4. The van der Waals surface area contributed by atoms with Crippen LogP contribution in [-0.2, 0) is 24.0 Å². The predicted octanol–water partition coefficient (Wildman–Crippen LogP) is -6.78. The molecule has 0 atom stereocenters. The van der Waals surface area contributed by atoms with E-state index in [0.717, 1.165) is 12.1 Å². The zero-order valence-electron chi connectivity index (χ0n) is 17.8. The second-order valence-corrected chi connectivity index (χ2v) is 12.3. The molecule has 0 spiro atoms. The normalized spacial score (nSPS) is 12.0. The van der Waals surface area contributed by atoms with Crippen LogP contribution in [0, 0.1) is 0 Å². The molecule has 35 heavy (non-hydrogen) atoms. The first-order valence-corrected chi connectivity index (χ1v) is 14.3. The number of rotatable bonds is 5. The molecule has 0 unspecified atom stereocenters. The van der Waals surface area contributed by atoms with E-state index in [1.807, 2.05) is 0 Å². The molecule has 0 saturated carbocycles. The van der Waals surface area contributed by atoms with Crippen molar-refractivity contribution in [2.24, 2.45) is 10.2 Å².